The van der Waals surface area contributed by atoms with Crippen LogP contribution in [0.15, 0.2) is 42.5 Å². The zero-order chi connectivity index (χ0) is 19.6. The van der Waals surface area contributed by atoms with Crippen molar-refractivity contribution < 1.29 is 18.3 Å². The van der Waals surface area contributed by atoms with E-state index < -0.39 is 6.55 Å². The van der Waals surface area contributed by atoms with Gasteiger partial charge in [0, 0.05) is 12.1 Å². The van der Waals surface area contributed by atoms with Gasteiger partial charge in [-0.05, 0) is 32.2 Å². The smallest absolute Gasteiger partial charge is 0.320 e. The Morgan fingerprint density at radius 1 is 1.07 bits per heavy atom. The van der Waals surface area contributed by atoms with E-state index in [9.17, 15) is 8.78 Å². The van der Waals surface area contributed by atoms with Crippen LogP contribution in [0.5, 0.6) is 11.5 Å². The second kappa shape index (κ2) is 7.92. The standard InChI is InChI=1S/C20H23F2N3O2/c1-13(19-23-15-9-5-6-10-16(15)25(19)20(21)22)24(2)12-14-8-7-11-17(26-3)18(14)27-4/h5-11,13,20H,12H2,1-4H3. The van der Waals surface area contributed by atoms with Crippen LogP contribution in [0.3, 0.4) is 0 Å². The van der Waals surface area contributed by atoms with E-state index in [0.29, 0.717) is 34.9 Å². The molecule has 0 aliphatic heterocycles. The van der Waals surface area contributed by atoms with Crippen molar-refractivity contribution in [2.75, 3.05) is 21.3 Å². The summed E-state index contributed by atoms with van der Waals surface area (Å²) in [4.78, 5) is 6.41. The maximum absolute atomic E-state index is 13.7. The Balaban J connectivity index is 1.94. The Kier molecular flexibility index (Phi) is 5.60. The maximum atomic E-state index is 13.7. The fourth-order valence-corrected chi connectivity index (χ4v) is 3.24. The summed E-state index contributed by atoms with van der Waals surface area (Å²) in [5.74, 6) is 1.60. The molecule has 144 valence electrons. The SMILES string of the molecule is COc1cccc(CN(C)C(C)c2nc3ccccc3n2C(F)F)c1OC. The average Bonchev–Trinajstić information content (AvgIpc) is 3.06. The van der Waals surface area contributed by atoms with Gasteiger partial charge in [0.15, 0.2) is 11.5 Å². The Morgan fingerprint density at radius 3 is 2.48 bits per heavy atom. The highest BCUT2D eigenvalue weighted by Gasteiger charge is 2.25. The van der Waals surface area contributed by atoms with E-state index >= 15 is 0 Å². The lowest BCUT2D eigenvalue weighted by molar-refractivity contribution is 0.0657. The topological polar surface area (TPSA) is 39.5 Å². The highest BCUT2D eigenvalue weighted by atomic mass is 19.3. The third kappa shape index (κ3) is 3.60. The monoisotopic (exact) mass is 375 g/mol. The largest absolute Gasteiger partial charge is 0.493 e. The summed E-state index contributed by atoms with van der Waals surface area (Å²) < 4.78 is 39.3. The van der Waals surface area contributed by atoms with Crippen LogP contribution < -0.4 is 9.47 Å². The number of alkyl halides is 2. The Bertz CT molecular complexity index is 927. The van der Waals surface area contributed by atoms with Crippen molar-refractivity contribution in [1.82, 2.24) is 14.5 Å². The number of benzene rings is 2. The molecule has 0 saturated carbocycles. The zero-order valence-electron chi connectivity index (χ0n) is 15.8. The number of methoxy groups -OCH3 is 2. The van der Waals surface area contributed by atoms with Gasteiger partial charge in [0.25, 0.3) is 0 Å². The fraction of sp³-hybridized carbons (Fsp3) is 0.350. The molecule has 1 atom stereocenters. The second-order valence-corrected chi connectivity index (χ2v) is 6.35. The Hall–Kier alpha value is -2.67. The number of hydrogen-bond donors (Lipinski definition) is 0. The van der Waals surface area contributed by atoms with Crippen molar-refractivity contribution in [3.8, 4) is 11.5 Å². The number of fused-ring (bicyclic) bond motifs is 1. The number of rotatable bonds is 7. The summed E-state index contributed by atoms with van der Waals surface area (Å²) in [7, 11) is 5.04. The van der Waals surface area contributed by atoms with Crippen molar-refractivity contribution in [3.05, 3.63) is 53.9 Å². The first-order valence-electron chi connectivity index (χ1n) is 8.63. The van der Waals surface area contributed by atoms with E-state index in [0.717, 1.165) is 10.1 Å². The van der Waals surface area contributed by atoms with Gasteiger partial charge in [-0.1, -0.05) is 24.3 Å². The number of ether oxygens (including phenoxy) is 2. The summed E-state index contributed by atoms with van der Waals surface area (Å²) in [6, 6.07) is 12.2. The molecule has 0 bridgehead atoms. The molecule has 3 rings (SSSR count). The number of halogens is 2. The molecule has 0 saturated heterocycles. The predicted octanol–water partition coefficient (Wildman–Crippen LogP) is 4.64. The lowest BCUT2D eigenvalue weighted by Gasteiger charge is -2.26. The summed E-state index contributed by atoms with van der Waals surface area (Å²) >= 11 is 0. The molecule has 3 aromatic rings. The normalized spacial score (nSPS) is 12.7. The van der Waals surface area contributed by atoms with Crippen LogP contribution in [0.1, 0.15) is 30.9 Å². The minimum atomic E-state index is -2.66. The molecule has 1 unspecified atom stereocenters. The fourth-order valence-electron chi connectivity index (χ4n) is 3.24. The molecular weight excluding hydrogens is 352 g/mol. The molecule has 5 nitrogen and oxygen atoms in total. The summed E-state index contributed by atoms with van der Waals surface area (Å²) in [5.41, 5.74) is 1.90. The van der Waals surface area contributed by atoms with Gasteiger partial charge >= 0.3 is 6.55 Å². The lowest BCUT2D eigenvalue weighted by atomic mass is 10.1. The van der Waals surface area contributed by atoms with E-state index in [1.807, 2.05) is 37.1 Å². The van der Waals surface area contributed by atoms with Gasteiger partial charge in [-0.15, -0.1) is 0 Å². The first kappa shape index (κ1) is 19.1. The minimum absolute atomic E-state index is 0.329. The third-order valence-electron chi connectivity index (χ3n) is 4.76. The van der Waals surface area contributed by atoms with Crippen LogP contribution in [0.4, 0.5) is 8.78 Å². The quantitative estimate of drug-likeness (QED) is 0.603. The first-order chi connectivity index (χ1) is 13.0. The number of para-hydroxylation sites is 3. The van der Waals surface area contributed by atoms with Gasteiger partial charge in [-0.2, -0.15) is 8.78 Å². The van der Waals surface area contributed by atoms with Crippen molar-refractivity contribution in [2.24, 2.45) is 0 Å². The molecular formula is C20H23F2N3O2. The van der Waals surface area contributed by atoms with Gasteiger partial charge in [-0.3, -0.25) is 9.47 Å². The molecule has 0 aliphatic rings. The van der Waals surface area contributed by atoms with Crippen molar-refractivity contribution >= 4 is 11.0 Å². The van der Waals surface area contributed by atoms with Crippen LogP contribution in [-0.4, -0.2) is 35.7 Å². The van der Waals surface area contributed by atoms with Crippen LogP contribution in [0.25, 0.3) is 11.0 Å². The first-order valence-corrected chi connectivity index (χ1v) is 8.63. The van der Waals surface area contributed by atoms with Gasteiger partial charge in [0.1, 0.15) is 5.82 Å². The molecule has 0 aliphatic carbocycles. The van der Waals surface area contributed by atoms with Gasteiger partial charge in [-0.25, -0.2) is 4.98 Å². The molecule has 0 radical (unpaired) electrons. The number of aromatic nitrogens is 2. The van der Waals surface area contributed by atoms with E-state index in [1.165, 1.54) is 0 Å². The molecule has 1 heterocycles. The van der Waals surface area contributed by atoms with Crippen LogP contribution in [-0.2, 0) is 6.54 Å². The van der Waals surface area contributed by atoms with Crippen LogP contribution in [0.2, 0.25) is 0 Å². The highest BCUT2D eigenvalue weighted by Crippen LogP contribution is 2.34. The maximum Gasteiger partial charge on any atom is 0.320 e. The van der Waals surface area contributed by atoms with Crippen molar-refractivity contribution in [3.63, 3.8) is 0 Å². The van der Waals surface area contributed by atoms with Gasteiger partial charge < -0.3 is 9.47 Å². The molecule has 7 heteroatoms. The number of imidazole rings is 1. The van der Waals surface area contributed by atoms with E-state index in [1.54, 1.807) is 38.5 Å². The molecule has 27 heavy (non-hydrogen) atoms. The second-order valence-electron chi connectivity index (χ2n) is 6.35. The van der Waals surface area contributed by atoms with Gasteiger partial charge in [0.05, 0.1) is 31.3 Å². The van der Waals surface area contributed by atoms with E-state index in [2.05, 4.69) is 4.98 Å². The third-order valence-corrected chi connectivity index (χ3v) is 4.76. The average molecular weight is 375 g/mol. The Labute approximate surface area is 157 Å². The summed E-state index contributed by atoms with van der Waals surface area (Å²) in [6.45, 7) is -0.296. The zero-order valence-corrected chi connectivity index (χ0v) is 15.8. The summed E-state index contributed by atoms with van der Waals surface area (Å²) in [5, 5.41) is 0. The number of hydrogen-bond acceptors (Lipinski definition) is 4. The van der Waals surface area contributed by atoms with Gasteiger partial charge in [0.2, 0.25) is 0 Å². The summed E-state index contributed by atoms with van der Waals surface area (Å²) in [6.07, 6.45) is 0. The minimum Gasteiger partial charge on any atom is -0.493 e. The van der Waals surface area contributed by atoms with E-state index in [4.69, 9.17) is 9.47 Å². The lowest BCUT2D eigenvalue weighted by Crippen LogP contribution is -2.25. The molecule has 0 amide bonds. The molecule has 0 N–H and O–H groups in total. The molecule has 0 fully saturated rings. The molecule has 1 aromatic heterocycles. The highest BCUT2D eigenvalue weighted by molar-refractivity contribution is 5.76. The molecule has 0 spiro atoms. The van der Waals surface area contributed by atoms with Crippen molar-refractivity contribution in [1.29, 1.82) is 0 Å². The van der Waals surface area contributed by atoms with Crippen LogP contribution >= 0.6 is 0 Å². The van der Waals surface area contributed by atoms with Crippen molar-refractivity contribution in [2.45, 2.75) is 26.1 Å². The predicted molar refractivity (Wildman–Crippen MR) is 100 cm³/mol. The number of nitrogens with zero attached hydrogens (tertiary/aromatic N) is 3. The van der Waals surface area contributed by atoms with Crippen LogP contribution in [0, 0.1) is 0 Å². The van der Waals surface area contributed by atoms with E-state index in [-0.39, 0.29) is 6.04 Å². The molecule has 2 aromatic carbocycles. The Morgan fingerprint density at radius 2 is 1.81 bits per heavy atom.